The first kappa shape index (κ1) is 19.1. The number of esters is 1. The van der Waals surface area contributed by atoms with Crippen molar-refractivity contribution in [3.05, 3.63) is 40.7 Å². The lowest BCUT2D eigenvalue weighted by atomic mass is 10.1. The van der Waals surface area contributed by atoms with E-state index in [9.17, 15) is 14.4 Å². The van der Waals surface area contributed by atoms with Gasteiger partial charge >= 0.3 is 12.1 Å². The second kappa shape index (κ2) is 7.77. The molecule has 9 nitrogen and oxygen atoms in total. The highest BCUT2D eigenvalue weighted by atomic mass is 16.6. The van der Waals surface area contributed by atoms with Crippen LogP contribution in [0.4, 0.5) is 4.79 Å². The predicted octanol–water partition coefficient (Wildman–Crippen LogP) is 1.62. The maximum atomic E-state index is 12.3. The number of methoxy groups -OCH3 is 1. The van der Waals surface area contributed by atoms with E-state index in [1.54, 1.807) is 6.92 Å². The number of benzene rings is 1. The molecule has 0 aliphatic carbocycles. The predicted molar refractivity (Wildman–Crippen MR) is 91.0 cm³/mol. The van der Waals surface area contributed by atoms with Crippen LogP contribution in [0.5, 0.6) is 0 Å². The normalized spacial score (nSPS) is 11.6. The zero-order chi connectivity index (χ0) is 19.4. The Balaban J connectivity index is 2.16. The van der Waals surface area contributed by atoms with Crippen molar-refractivity contribution >= 4 is 18.0 Å². The molecule has 9 heteroatoms. The number of nitrogens with one attached hydrogen (secondary N) is 1. The molecule has 1 aromatic heterocycles. The molecular formula is C17H20N4O5. The van der Waals surface area contributed by atoms with Crippen LogP contribution in [0.15, 0.2) is 18.2 Å². The molecule has 0 radical (unpaired) electrons. The zero-order valence-corrected chi connectivity index (χ0v) is 15.2. The molecule has 2 rings (SSSR count). The van der Waals surface area contributed by atoms with Gasteiger partial charge in [0.1, 0.15) is 0 Å². The standard InChI is InChI=1S/C17H20N4O5/c1-9-6-7-13(10(2)8-9)21-19-11(3)14(20-21)16(23)26-12(4)15(22)18-17(24)25-5/h6-8,12H,1-5H3,(H,18,22,24)/t12-/m0/s1. The van der Waals surface area contributed by atoms with Crippen LogP contribution in [0.3, 0.4) is 0 Å². The summed E-state index contributed by atoms with van der Waals surface area (Å²) < 4.78 is 9.36. The van der Waals surface area contributed by atoms with Gasteiger partial charge in [-0.15, -0.1) is 5.10 Å². The van der Waals surface area contributed by atoms with Gasteiger partial charge in [-0.25, -0.2) is 9.59 Å². The van der Waals surface area contributed by atoms with Crippen molar-refractivity contribution in [3.63, 3.8) is 0 Å². The fourth-order valence-corrected chi connectivity index (χ4v) is 2.23. The van der Waals surface area contributed by atoms with Gasteiger partial charge in [-0.1, -0.05) is 17.7 Å². The van der Waals surface area contributed by atoms with Crippen molar-refractivity contribution in [2.75, 3.05) is 7.11 Å². The highest BCUT2D eigenvalue weighted by molar-refractivity contribution is 5.96. The molecule has 0 saturated carbocycles. The number of carbonyl (C=O) groups excluding carboxylic acids is 3. The number of aryl methyl sites for hydroxylation is 3. The minimum Gasteiger partial charge on any atom is -0.453 e. The SMILES string of the molecule is COC(=O)NC(=O)[C@H](C)OC(=O)c1nn(-c2ccc(C)cc2C)nc1C. The third-order valence-electron chi connectivity index (χ3n) is 3.61. The summed E-state index contributed by atoms with van der Waals surface area (Å²) in [7, 11) is 1.12. The van der Waals surface area contributed by atoms with Crippen molar-refractivity contribution in [3.8, 4) is 5.69 Å². The van der Waals surface area contributed by atoms with E-state index in [4.69, 9.17) is 4.74 Å². The van der Waals surface area contributed by atoms with E-state index >= 15 is 0 Å². The topological polar surface area (TPSA) is 112 Å². The van der Waals surface area contributed by atoms with Crippen LogP contribution in [0.2, 0.25) is 0 Å². The zero-order valence-electron chi connectivity index (χ0n) is 15.2. The van der Waals surface area contributed by atoms with Crippen LogP contribution in [-0.2, 0) is 14.3 Å². The van der Waals surface area contributed by atoms with Gasteiger partial charge in [-0.2, -0.15) is 9.90 Å². The molecule has 1 N–H and O–H groups in total. The highest BCUT2D eigenvalue weighted by Gasteiger charge is 2.25. The Morgan fingerprint density at radius 2 is 1.85 bits per heavy atom. The lowest BCUT2D eigenvalue weighted by Gasteiger charge is -2.11. The van der Waals surface area contributed by atoms with E-state index in [2.05, 4.69) is 14.9 Å². The van der Waals surface area contributed by atoms with Gasteiger partial charge in [0.15, 0.2) is 11.8 Å². The molecule has 1 aromatic carbocycles. The number of ether oxygens (including phenoxy) is 2. The quantitative estimate of drug-likeness (QED) is 0.824. The average molecular weight is 360 g/mol. The third kappa shape index (κ3) is 4.24. The summed E-state index contributed by atoms with van der Waals surface area (Å²) in [6, 6.07) is 5.75. The van der Waals surface area contributed by atoms with Crippen molar-refractivity contribution in [2.24, 2.45) is 0 Å². The minimum atomic E-state index is -1.20. The summed E-state index contributed by atoms with van der Waals surface area (Å²) in [6.07, 6.45) is -2.14. The first-order chi connectivity index (χ1) is 12.2. The van der Waals surface area contributed by atoms with Gasteiger partial charge in [-0.05, 0) is 39.3 Å². The molecule has 0 aliphatic heterocycles. The van der Waals surface area contributed by atoms with Gasteiger partial charge in [-0.3, -0.25) is 10.1 Å². The van der Waals surface area contributed by atoms with Gasteiger partial charge in [0, 0.05) is 0 Å². The van der Waals surface area contributed by atoms with Crippen LogP contribution < -0.4 is 5.32 Å². The van der Waals surface area contributed by atoms with Gasteiger partial charge in [0.25, 0.3) is 5.91 Å². The molecule has 138 valence electrons. The number of aromatic nitrogens is 3. The summed E-state index contributed by atoms with van der Waals surface area (Å²) in [5.74, 6) is -1.62. The van der Waals surface area contributed by atoms with E-state index in [-0.39, 0.29) is 5.69 Å². The third-order valence-corrected chi connectivity index (χ3v) is 3.61. The first-order valence-corrected chi connectivity index (χ1v) is 7.84. The van der Waals surface area contributed by atoms with E-state index in [1.807, 2.05) is 37.4 Å². The Hall–Kier alpha value is -3.23. The fourth-order valence-electron chi connectivity index (χ4n) is 2.23. The van der Waals surface area contributed by atoms with Gasteiger partial charge in [0.05, 0.1) is 18.5 Å². The Bertz CT molecular complexity index is 859. The van der Waals surface area contributed by atoms with E-state index in [0.29, 0.717) is 5.69 Å². The van der Waals surface area contributed by atoms with Crippen molar-refractivity contribution < 1.29 is 23.9 Å². The second-order valence-electron chi connectivity index (χ2n) is 5.74. The van der Waals surface area contributed by atoms with Gasteiger partial charge in [0.2, 0.25) is 0 Å². The summed E-state index contributed by atoms with van der Waals surface area (Å²) in [5, 5.41) is 10.3. The molecule has 26 heavy (non-hydrogen) atoms. The second-order valence-corrected chi connectivity index (χ2v) is 5.74. The van der Waals surface area contributed by atoms with Crippen molar-refractivity contribution in [1.29, 1.82) is 0 Å². The number of hydrogen-bond donors (Lipinski definition) is 1. The smallest absolute Gasteiger partial charge is 0.413 e. The van der Waals surface area contributed by atoms with Crippen molar-refractivity contribution in [2.45, 2.75) is 33.8 Å². The average Bonchev–Trinajstić information content (AvgIpc) is 2.96. The molecule has 0 spiro atoms. The monoisotopic (exact) mass is 360 g/mol. The number of imide groups is 1. The van der Waals surface area contributed by atoms with Crippen LogP contribution in [0.1, 0.15) is 34.2 Å². The Morgan fingerprint density at radius 1 is 1.15 bits per heavy atom. The summed E-state index contributed by atoms with van der Waals surface area (Å²) in [4.78, 5) is 36.4. The first-order valence-electron chi connectivity index (χ1n) is 7.84. The van der Waals surface area contributed by atoms with E-state index in [1.165, 1.54) is 11.7 Å². The number of rotatable bonds is 4. The Labute approximate surface area is 150 Å². The van der Waals surface area contributed by atoms with Gasteiger partial charge < -0.3 is 9.47 Å². The Morgan fingerprint density at radius 3 is 2.46 bits per heavy atom. The highest BCUT2D eigenvalue weighted by Crippen LogP contribution is 2.16. The number of nitrogens with zero attached hydrogens (tertiary/aromatic N) is 3. The molecule has 1 heterocycles. The molecule has 2 amide bonds. The summed E-state index contributed by atoms with van der Waals surface area (Å²) in [5.41, 5.74) is 3.12. The fraction of sp³-hybridized carbons (Fsp3) is 0.353. The molecule has 0 aliphatic rings. The van der Waals surface area contributed by atoms with Crippen LogP contribution in [0, 0.1) is 20.8 Å². The lowest BCUT2D eigenvalue weighted by molar-refractivity contribution is -0.128. The maximum absolute atomic E-state index is 12.3. The molecule has 0 bridgehead atoms. The number of carbonyl (C=O) groups is 3. The van der Waals surface area contributed by atoms with Crippen LogP contribution in [0.25, 0.3) is 5.69 Å². The lowest BCUT2D eigenvalue weighted by Crippen LogP contribution is -2.39. The molecule has 0 saturated heterocycles. The molecular weight excluding hydrogens is 340 g/mol. The summed E-state index contributed by atoms with van der Waals surface area (Å²) in [6.45, 7) is 6.84. The Kier molecular flexibility index (Phi) is 5.71. The maximum Gasteiger partial charge on any atom is 0.413 e. The number of hydrogen-bond acceptors (Lipinski definition) is 7. The molecule has 0 unspecified atom stereocenters. The molecule has 1 atom stereocenters. The minimum absolute atomic E-state index is 0.0114. The molecule has 0 fully saturated rings. The summed E-state index contributed by atoms with van der Waals surface area (Å²) >= 11 is 0. The van der Waals surface area contributed by atoms with Crippen LogP contribution >= 0.6 is 0 Å². The van der Waals surface area contributed by atoms with E-state index in [0.717, 1.165) is 23.9 Å². The number of alkyl carbamates (subject to hydrolysis) is 1. The van der Waals surface area contributed by atoms with E-state index < -0.39 is 24.1 Å². The molecule has 2 aromatic rings. The van der Waals surface area contributed by atoms with Crippen LogP contribution in [-0.4, -0.2) is 46.2 Å². The van der Waals surface area contributed by atoms with Crippen molar-refractivity contribution in [1.82, 2.24) is 20.3 Å². The largest absolute Gasteiger partial charge is 0.453 e. The number of amides is 2.